The molecule has 4 rings (SSSR count). The SMILES string of the molecule is O=C(Cc1ccc(NS(=O)(=O)c2ccc(F)cc2)cc1)N1CCN(c2ncccn2)CC1. The van der Waals surface area contributed by atoms with Crippen LogP contribution in [0, 0.1) is 5.82 Å². The second kappa shape index (κ2) is 9.31. The highest BCUT2D eigenvalue weighted by Gasteiger charge is 2.22. The molecule has 166 valence electrons. The van der Waals surface area contributed by atoms with Crippen molar-refractivity contribution in [2.45, 2.75) is 11.3 Å². The van der Waals surface area contributed by atoms with Crippen molar-refractivity contribution in [3.05, 3.63) is 78.4 Å². The van der Waals surface area contributed by atoms with Crippen molar-refractivity contribution in [1.29, 1.82) is 0 Å². The fourth-order valence-electron chi connectivity index (χ4n) is 3.42. The number of hydrogen-bond acceptors (Lipinski definition) is 6. The number of sulfonamides is 1. The number of amides is 1. The number of carbonyl (C=O) groups is 1. The van der Waals surface area contributed by atoms with E-state index in [1.807, 2.05) is 9.80 Å². The Balaban J connectivity index is 1.32. The number of rotatable bonds is 6. The molecule has 1 saturated heterocycles. The Labute approximate surface area is 185 Å². The zero-order valence-corrected chi connectivity index (χ0v) is 18.0. The van der Waals surface area contributed by atoms with E-state index in [-0.39, 0.29) is 17.2 Å². The summed E-state index contributed by atoms with van der Waals surface area (Å²) in [6, 6.07) is 13.0. The van der Waals surface area contributed by atoms with E-state index in [9.17, 15) is 17.6 Å². The number of piperazine rings is 1. The van der Waals surface area contributed by atoms with Gasteiger partial charge in [0.05, 0.1) is 11.3 Å². The number of aromatic nitrogens is 2. The molecule has 3 aromatic rings. The minimum atomic E-state index is -3.82. The van der Waals surface area contributed by atoms with Crippen LogP contribution in [0.1, 0.15) is 5.56 Å². The van der Waals surface area contributed by atoms with E-state index in [2.05, 4.69) is 14.7 Å². The molecule has 0 bridgehead atoms. The van der Waals surface area contributed by atoms with Crippen LogP contribution in [-0.2, 0) is 21.2 Å². The molecule has 1 aromatic heterocycles. The maximum atomic E-state index is 13.0. The van der Waals surface area contributed by atoms with E-state index >= 15 is 0 Å². The summed E-state index contributed by atoms with van der Waals surface area (Å²) in [5.74, 6) is 0.171. The van der Waals surface area contributed by atoms with E-state index < -0.39 is 15.8 Å². The van der Waals surface area contributed by atoms with Gasteiger partial charge in [0.15, 0.2) is 0 Å². The summed E-state index contributed by atoms with van der Waals surface area (Å²) in [7, 11) is -3.82. The van der Waals surface area contributed by atoms with E-state index in [4.69, 9.17) is 0 Å². The standard InChI is InChI=1S/C22H22FN5O3S/c23-18-4-8-20(9-5-18)32(30,31)26-19-6-2-17(3-7-19)16-21(29)27-12-14-28(15-13-27)22-24-10-1-11-25-22/h1-11,26H,12-16H2. The molecule has 2 heterocycles. The van der Waals surface area contributed by atoms with Crippen LogP contribution in [0.15, 0.2) is 71.9 Å². The Hall–Kier alpha value is -3.53. The highest BCUT2D eigenvalue weighted by molar-refractivity contribution is 7.92. The third kappa shape index (κ3) is 5.20. The molecular weight excluding hydrogens is 433 g/mol. The largest absolute Gasteiger partial charge is 0.339 e. The second-order valence-corrected chi connectivity index (χ2v) is 9.03. The van der Waals surface area contributed by atoms with Crippen LogP contribution in [0.3, 0.4) is 0 Å². The first-order chi connectivity index (χ1) is 15.4. The number of nitrogens with zero attached hydrogens (tertiary/aromatic N) is 4. The molecule has 8 nitrogen and oxygen atoms in total. The minimum absolute atomic E-state index is 0.0123. The molecule has 0 atom stereocenters. The van der Waals surface area contributed by atoms with E-state index in [0.29, 0.717) is 37.8 Å². The van der Waals surface area contributed by atoms with Gasteiger partial charge in [0.1, 0.15) is 5.82 Å². The number of nitrogens with one attached hydrogen (secondary N) is 1. The lowest BCUT2D eigenvalue weighted by Gasteiger charge is -2.34. The van der Waals surface area contributed by atoms with Crippen molar-refractivity contribution in [1.82, 2.24) is 14.9 Å². The molecule has 10 heteroatoms. The number of anilines is 2. The second-order valence-electron chi connectivity index (χ2n) is 7.35. The summed E-state index contributed by atoms with van der Waals surface area (Å²) in [6.45, 7) is 2.51. The van der Waals surface area contributed by atoms with Crippen LogP contribution in [0.25, 0.3) is 0 Å². The van der Waals surface area contributed by atoms with Gasteiger partial charge < -0.3 is 9.80 Å². The molecular formula is C22H22FN5O3S. The van der Waals surface area contributed by atoms with Crippen LogP contribution in [0.5, 0.6) is 0 Å². The Morgan fingerprint density at radius 3 is 2.19 bits per heavy atom. The van der Waals surface area contributed by atoms with Crippen LogP contribution in [-0.4, -0.2) is 55.4 Å². The number of benzene rings is 2. The molecule has 1 aliphatic heterocycles. The fourth-order valence-corrected chi connectivity index (χ4v) is 4.47. The van der Waals surface area contributed by atoms with E-state index in [1.54, 1.807) is 42.7 Å². The molecule has 1 N–H and O–H groups in total. The first-order valence-electron chi connectivity index (χ1n) is 10.1. The van der Waals surface area contributed by atoms with Gasteiger partial charge in [-0.15, -0.1) is 0 Å². The topological polar surface area (TPSA) is 95.5 Å². The lowest BCUT2D eigenvalue weighted by atomic mass is 10.1. The molecule has 0 radical (unpaired) electrons. The van der Waals surface area contributed by atoms with Crippen molar-refractivity contribution in [3.63, 3.8) is 0 Å². The van der Waals surface area contributed by atoms with Gasteiger partial charge in [-0.3, -0.25) is 9.52 Å². The molecule has 1 amide bonds. The summed E-state index contributed by atoms with van der Waals surface area (Å²) in [6.07, 6.45) is 3.62. The highest BCUT2D eigenvalue weighted by Crippen LogP contribution is 2.18. The zero-order valence-electron chi connectivity index (χ0n) is 17.2. The third-order valence-electron chi connectivity index (χ3n) is 5.15. The third-order valence-corrected chi connectivity index (χ3v) is 6.55. The quantitative estimate of drug-likeness (QED) is 0.613. The molecule has 0 aliphatic carbocycles. The van der Waals surface area contributed by atoms with Gasteiger partial charge in [0.25, 0.3) is 10.0 Å². The Kier molecular flexibility index (Phi) is 6.31. The van der Waals surface area contributed by atoms with Gasteiger partial charge in [-0.25, -0.2) is 22.8 Å². The van der Waals surface area contributed by atoms with Crippen molar-refractivity contribution >= 4 is 27.6 Å². The van der Waals surface area contributed by atoms with Gasteiger partial charge in [0, 0.05) is 44.3 Å². The van der Waals surface area contributed by atoms with Crippen molar-refractivity contribution in [3.8, 4) is 0 Å². The summed E-state index contributed by atoms with van der Waals surface area (Å²) >= 11 is 0. The number of halogens is 1. The molecule has 32 heavy (non-hydrogen) atoms. The van der Waals surface area contributed by atoms with Crippen molar-refractivity contribution < 1.29 is 17.6 Å². The molecule has 0 spiro atoms. The maximum Gasteiger partial charge on any atom is 0.261 e. The van der Waals surface area contributed by atoms with Gasteiger partial charge >= 0.3 is 0 Å². The lowest BCUT2D eigenvalue weighted by Crippen LogP contribution is -2.49. The Morgan fingerprint density at radius 1 is 0.938 bits per heavy atom. The van der Waals surface area contributed by atoms with Crippen LogP contribution >= 0.6 is 0 Å². The Morgan fingerprint density at radius 2 is 1.56 bits per heavy atom. The van der Waals surface area contributed by atoms with E-state index in [1.165, 1.54) is 12.1 Å². The molecule has 0 unspecified atom stereocenters. The van der Waals surface area contributed by atoms with Crippen molar-refractivity contribution in [2.24, 2.45) is 0 Å². The normalized spacial score (nSPS) is 14.3. The predicted octanol–water partition coefficient (Wildman–Crippen LogP) is 2.31. The first kappa shape index (κ1) is 21.7. The van der Waals surface area contributed by atoms with Gasteiger partial charge in [-0.1, -0.05) is 12.1 Å². The number of hydrogen-bond donors (Lipinski definition) is 1. The lowest BCUT2D eigenvalue weighted by molar-refractivity contribution is -0.130. The average molecular weight is 456 g/mol. The predicted molar refractivity (Wildman–Crippen MR) is 118 cm³/mol. The molecule has 1 aliphatic rings. The first-order valence-corrected chi connectivity index (χ1v) is 11.6. The summed E-state index contributed by atoms with van der Waals surface area (Å²) in [5, 5.41) is 0. The van der Waals surface area contributed by atoms with Crippen LogP contribution in [0.2, 0.25) is 0 Å². The van der Waals surface area contributed by atoms with Gasteiger partial charge in [-0.05, 0) is 48.0 Å². The summed E-state index contributed by atoms with van der Waals surface area (Å²) < 4.78 is 40.3. The molecule has 1 fully saturated rings. The number of carbonyl (C=O) groups excluding carboxylic acids is 1. The van der Waals surface area contributed by atoms with Crippen LogP contribution < -0.4 is 9.62 Å². The summed E-state index contributed by atoms with van der Waals surface area (Å²) in [4.78, 5) is 25.0. The minimum Gasteiger partial charge on any atom is -0.339 e. The fraction of sp³-hybridized carbons (Fsp3) is 0.227. The summed E-state index contributed by atoms with van der Waals surface area (Å²) in [5.41, 5.74) is 1.15. The van der Waals surface area contributed by atoms with Crippen molar-refractivity contribution in [2.75, 3.05) is 35.8 Å². The zero-order chi connectivity index (χ0) is 22.6. The molecule has 2 aromatic carbocycles. The average Bonchev–Trinajstić information content (AvgIpc) is 2.81. The maximum absolute atomic E-state index is 13.0. The highest BCUT2D eigenvalue weighted by atomic mass is 32.2. The van der Waals surface area contributed by atoms with E-state index in [0.717, 1.165) is 17.7 Å². The van der Waals surface area contributed by atoms with Gasteiger partial charge in [0.2, 0.25) is 11.9 Å². The van der Waals surface area contributed by atoms with Gasteiger partial charge in [-0.2, -0.15) is 0 Å². The molecule has 0 saturated carbocycles. The Bertz CT molecular complexity index is 1160. The van der Waals surface area contributed by atoms with Crippen LogP contribution in [0.4, 0.5) is 16.0 Å². The monoisotopic (exact) mass is 455 g/mol. The smallest absolute Gasteiger partial charge is 0.261 e.